The van der Waals surface area contributed by atoms with Crippen LogP contribution in [0.2, 0.25) is 0 Å². The predicted octanol–water partition coefficient (Wildman–Crippen LogP) is 4.85. The molecule has 0 radical (unpaired) electrons. The highest BCUT2D eigenvalue weighted by Gasteiger charge is 2.39. The monoisotopic (exact) mass is 573 g/mol. The summed E-state index contributed by atoms with van der Waals surface area (Å²) in [5.41, 5.74) is 0.815. The summed E-state index contributed by atoms with van der Waals surface area (Å²) < 4.78 is 44.9. The second kappa shape index (κ2) is 13.1. The molecule has 1 fully saturated rings. The molecule has 0 spiro atoms. The van der Waals surface area contributed by atoms with Crippen molar-refractivity contribution in [3.8, 4) is 0 Å². The van der Waals surface area contributed by atoms with Gasteiger partial charge in [0.2, 0.25) is 0 Å². The summed E-state index contributed by atoms with van der Waals surface area (Å²) in [6.07, 6.45) is -3.85. The number of urea groups is 2. The molecular formula is C29H34F3N5O4. The fourth-order valence-corrected chi connectivity index (χ4v) is 5.04. The third kappa shape index (κ3) is 7.18. The number of likely N-dealkylation sites (N-methyl/N-ethyl adjacent to an activating group) is 1. The van der Waals surface area contributed by atoms with E-state index < -0.39 is 29.8 Å². The second-order valence-electron chi connectivity index (χ2n) is 9.74. The average molecular weight is 574 g/mol. The van der Waals surface area contributed by atoms with E-state index in [0.717, 1.165) is 12.1 Å². The fourth-order valence-electron chi connectivity index (χ4n) is 5.04. The third-order valence-corrected chi connectivity index (χ3v) is 7.10. The van der Waals surface area contributed by atoms with Gasteiger partial charge in [0.1, 0.15) is 0 Å². The lowest BCUT2D eigenvalue weighted by atomic mass is 9.93. The Morgan fingerprint density at radius 3 is 2.34 bits per heavy atom. The Morgan fingerprint density at radius 2 is 1.71 bits per heavy atom. The van der Waals surface area contributed by atoms with Crippen molar-refractivity contribution in [1.82, 2.24) is 20.0 Å². The Balaban J connectivity index is 1.60. The highest BCUT2D eigenvalue weighted by molar-refractivity contribution is 5.95. The van der Waals surface area contributed by atoms with E-state index in [9.17, 15) is 27.6 Å². The number of carbonyl (C=O) groups is 3. The summed E-state index contributed by atoms with van der Waals surface area (Å²) in [5, 5.41) is 5.67. The maximum atomic E-state index is 13.3. The first-order valence-corrected chi connectivity index (χ1v) is 13.6. The van der Waals surface area contributed by atoms with Gasteiger partial charge in [-0.05, 0) is 50.1 Å². The summed E-state index contributed by atoms with van der Waals surface area (Å²) in [6.45, 7) is 6.08. The molecule has 4 amide bonds. The third-order valence-electron chi connectivity index (χ3n) is 7.10. The summed E-state index contributed by atoms with van der Waals surface area (Å²) >= 11 is 0. The molecule has 220 valence electrons. The van der Waals surface area contributed by atoms with Crippen molar-refractivity contribution in [2.45, 2.75) is 32.5 Å². The number of amides is 4. The minimum atomic E-state index is -4.52. The zero-order valence-corrected chi connectivity index (χ0v) is 23.0. The van der Waals surface area contributed by atoms with Crippen molar-refractivity contribution in [2.75, 3.05) is 51.2 Å². The van der Waals surface area contributed by atoms with Crippen molar-refractivity contribution in [2.24, 2.45) is 0 Å². The lowest BCUT2D eigenvalue weighted by molar-refractivity contribution is -0.139. The van der Waals surface area contributed by atoms with Crippen LogP contribution in [-0.4, -0.2) is 78.6 Å². The van der Waals surface area contributed by atoms with Gasteiger partial charge in [0, 0.05) is 50.7 Å². The maximum absolute atomic E-state index is 13.3. The van der Waals surface area contributed by atoms with Crippen LogP contribution >= 0.6 is 0 Å². The van der Waals surface area contributed by atoms with E-state index in [1.165, 1.54) is 17.0 Å². The minimum Gasteiger partial charge on any atom is -0.463 e. The first kappa shape index (κ1) is 29.9. The van der Waals surface area contributed by atoms with Crippen LogP contribution in [0.3, 0.4) is 0 Å². The number of anilines is 1. The number of benzene rings is 2. The van der Waals surface area contributed by atoms with E-state index in [4.69, 9.17) is 4.74 Å². The van der Waals surface area contributed by atoms with Crippen molar-refractivity contribution in [3.05, 3.63) is 77.0 Å². The van der Waals surface area contributed by atoms with Crippen molar-refractivity contribution >= 4 is 23.7 Å². The lowest BCUT2D eigenvalue weighted by Gasteiger charge is -2.38. The number of esters is 1. The van der Waals surface area contributed by atoms with Crippen molar-refractivity contribution in [3.63, 3.8) is 0 Å². The maximum Gasteiger partial charge on any atom is 0.416 e. The van der Waals surface area contributed by atoms with Gasteiger partial charge in [-0.25, -0.2) is 14.4 Å². The van der Waals surface area contributed by atoms with E-state index >= 15 is 0 Å². The molecule has 2 aromatic carbocycles. The number of nitrogens with one attached hydrogen (secondary N) is 2. The molecule has 9 nitrogen and oxygen atoms in total. The summed E-state index contributed by atoms with van der Waals surface area (Å²) in [4.78, 5) is 44.6. The van der Waals surface area contributed by atoms with Crippen LogP contribution in [0, 0.1) is 0 Å². The number of hydrogen-bond donors (Lipinski definition) is 2. The standard InChI is InChI=1S/C29H34F3N5O4/c1-3-37-23(19-35-15-8-16-36(18-17-35)27(39)33-22-9-6-5-7-10-22)24(26(38)41-4-2)25(34-28(37)40)20-11-13-21(14-12-20)29(30,31)32/h5-7,9-14,25H,3-4,8,15-19H2,1-2H3,(H,33,39)(H,34,40). The van der Waals surface area contributed by atoms with E-state index in [2.05, 4.69) is 15.5 Å². The van der Waals surface area contributed by atoms with Crippen molar-refractivity contribution < 1.29 is 32.3 Å². The Morgan fingerprint density at radius 1 is 1.00 bits per heavy atom. The zero-order valence-electron chi connectivity index (χ0n) is 23.0. The number of hydrogen-bond acceptors (Lipinski definition) is 5. The normalized spacial score (nSPS) is 18.6. The molecule has 4 rings (SSSR count). The number of alkyl halides is 3. The molecule has 41 heavy (non-hydrogen) atoms. The number of nitrogens with zero attached hydrogens (tertiary/aromatic N) is 3. The molecule has 2 aromatic rings. The average Bonchev–Trinajstić information content (AvgIpc) is 3.19. The minimum absolute atomic E-state index is 0.0879. The molecule has 1 unspecified atom stereocenters. The highest BCUT2D eigenvalue weighted by atomic mass is 19.4. The molecule has 0 bridgehead atoms. The van der Waals surface area contributed by atoms with Gasteiger partial charge in [-0.15, -0.1) is 0 Å². The molecule has 2 aliphatic rings. The second-order valence-corrected chi connectivity index (χ2v) is 9.74. The SMILES string of the molecule is CCOC(=O)C1=C(CN2CCCN(C(=O)Nc3ccccc3)CC2)N(CC)C(=O)NC1c1ccc(C(F)(F)F)cc1. The van der Waals surface area contributed by atoms with Crippen LogP contribution in [0.1, 0.15) is 37.4 Å². The Bertz CT molecular complexity index is 1270. The highest BCUT2D eigenvalue weighted by Crippen LogP contribution is 2.35. The molecule has 1 atom stereocenters. The van der Waals surface area contributed by atoms with Gasteiger partial charge in [-0.2, -0.15) is 13.2 Å². The van der Waals surface area contributed by atoms with Gasteiger partial charge < -0.3 is 20.3 Å². The molecule has 0 saturated carbocycles. The Kier molecular flexibility index (Phi) is 9.53. The first-order chi connectivity index (χ1) is 19.6. The van der Waals surface area contributed by atoms with E-state index in [-0.39, 0.29) is 31.3 Å². The van der Waals surface area contributed by atoms with Gasteiger partial charge in [-0.1, -0.05) is 30.3 Å². The smallest absolute Gasteiger partial charge is 0.416 e. The zero-order chi connectivity index (χ0) is 29.6. The van der Waals surface area contributed by atoms with Crippen LogP contribution < -0.4 is 10.6 Å². The Hall–Kier alpha value is -4.06. The largest absolute Gasteiger partial charge is 0.463 e. The number of para-hydroxylation sites is 1. The van der Waals surface area contributed by atoms with Gasteiger partial charge in [0.25, 0.3) is 0 Å². The van der Waals surface area contributed by atoms with Crippen LogP contribution in [-0.2, 0) is 15.7 Å². The van der Waals surface area contributed by atoms with Crippen LogP contribution in [0.5, 0.6) is 0 Å². The van der Waals surface area contributed by atoms with Gasteiger partial charge in [0.15, 0.2) is 0 Å². The quantitative estimate of drug-likeness (QED) is 0.462. The summed E-state index contributed by atoms with van der Waals surface area (Å²) in [7, 11) is 0. The molecule has 12 heteroatoms. The molecule has 1 saturated heterocycles. The molecule has 2 N–H and O–H groups in total. The molecule has 0 aromatic heterocycles. The fraction of sp³-hybridized carbons (Fsp3) is 0.414. The number of rotatable bonds is 7. The predicted molar refractivity (Wildman–Crippen MR) is 147 cm³/mol. The number of halogens is 3. The number of carbonyl (C=O) groups excluding carboxylic acids is 3. The molecule has 2 heterocycles. The summed E-state index contributed by atoms with van der Waals surface area (Å²) in [5.74, 6) is -0.649. The van der Waals surface area contributed by atoms with Gasteiger partial charge in [-0.3, -0.25) is 9.80 Å². The van der Waals surface area contributed by atoms with Gasteiger partial charge >= 0.3 is 24.2 Å². The summed E-state index contributed by atoms with van der Waals surface area (Å²) in [6, 6.07) is 11.9. The van der Waals surface area contributed by atoms with Crippen molar-refractivity contribution in [1.29, 1.82) is 0 Å². The van der Waals surface area contributed by atoms with Crippen LogP contribution in [0.25, 0.3) is 0 Å². The number of ether oxygens (including phenoxy) is 1. The lowest BCUT2D eigenvalue weighted by Crippen LogP contribution is -2.51. The molecule has 0 aliphatic carbocycles. The first-order valence-electron chi connectivity index (χ1n) is 13.6. The van der Waals surface area contributed by atoms with E-state index in [0.29, 0.717) is 49.5 Å². The van der Waals surface area contributed by atoms with Crippen LogP contribution in [0.15, 0.2) is 65.9 Å². The van der Waals surface area contributed by atoms with Crippen LogP contribution in [0.4, 0.5) is 28.4 Å². The topological polar surface area (TPSA) is 94.2 Å². The van der Waals surface area contributed by atoms with E-state index in [1.807, 2.05) is 30.3 Å². The van der Waals surface area contributed by atoms with E-state index in [1.54, 1.807) is 18.7 Å². The molecule has 2 aliphatic heterocycles. The Labute approximate surface area is 236 Å². The van der Waals surface area contributed by atoms with Gasteiger partial charge in [0.05, 0.1) is 23.8 Å². The molecular weight excluding hydrogens is 539 g/mol.